The third-order valence-corrected chi connectivity index (χ3v) is 5.59. The third kappa shape index (κ3) is 5.62. The number of aliphatic hydroxyl groups is 3. The highest BCUT2D eigenvalue weighted by Crippen LogP contribution is 2.25. The van der Waals surface area contributed by atoms with Crippen LogP contribution in [0.3, 0.4) is 0 Å². The Hall–Kier alpha value is -3.15. The minimum absolute atomic E-state index is 0.180. The fourth-order valence-corrected chi connectivity index (χ4v) is 3.77. The van der Waals surface area contributed by atoms with Crippen LogP contribution < -0.4 is 4.74 Å². The Morgan fingerprint density at radius 1 is 1.15 bits per heavy atom. The molecule has 3 N–H and O–H groups in total. The SMILES string of the molecule is C[C@H](O)c1nccn1[C@@H](C#Cc1ccc(-c2ccc(O[C@H]3CCOC[C@@H]3O)cc2)cc1)CO. The number of rotatable bonds is 6. The molecule has 4 atom stereocenters. The predicted molar refractivity (Wildman–Crippen MR) is 124 cm³/mol. The first kappa shape index (κ1) is 23.0. The fraction of sp³-hybridized carbons (Fsp3) is 0.346. The molecule has 172 valence electrons. The van der Waals surface area contributed by atoms with Crippen LogP contribution in [0.1, 0.15) is 36.9 Å². The Labute approximate surface area is 193 Å². The molecule has 0 unspecified atom stereocenters. The van der Waals surface area contributed by atoms with E-state index in [1.54, 1.807) is 23.9 Å². The number of hydrogen-bond donors (Lipinski definition) is 3. The van der Waals surface area contributed by atoms with Crippen LogP contribution in [-0.4, -0.2) is 56.9 Å². The van der Waals surface area contributed by atoms with E-state index in [0.717, 1.165) is 22.4 Å². The smallest absolute Gasteiger partial charge is 0.138 e. The van der Waals surface area contributed by atoms with Crippen LogP contribution in [0.15, 0.2) is 60.9 Å². The first-order chi connectivity index (χ1) is 16.0. The standard InChI is InChI=1S/C26H28N2O5/c1-18(30)26-27-13-14-28(26)22(16-29)9-4-19-2-5-20(6-3-19)21-7-10-23(11-8-21)33-25-12-15-32-17-24(25)31/h2-3,5-8,10-11,13-14,18,22,24-25,29-31H,12,15-17H2,1H3/t18-,22-,24-,25-/m0/s1. The molecule has 1 saturated heterocycles. The molecule has 0 aliphatic carbocycles. The summed E-state index contributed by atoms with van der Waals surface area (Å²) in [7, 11) is 0. The molecule has 33 heavy (non-hydrogen) atoms. The van der Waals surface area contributed by atoms with E-state index in [0.29, 0.717) is 25.5 Å². The molecular weight excluding hydrogens is 420 g/mol. The summed E-state index contributed by atoms with van der Waals surface area (Å²) in [6.45, 7) is 2.35. The third-order valence-electron chi connectivity index (χ3n) is 5.59. The lowest BCUT2D eigenvalue weighted by Gasteiger charge is -2.28. The molecule has 0 bridgehead atoms. The first-order valence-electron chi connectivity index (χ1n) is 11.0. The van der Waals surface area contributed by atoms with Gasteiger partial charge in [0.2, 0.25) is 0 Å². The maximum absolute atomic E-state index is 9.98. The Morgan fingerprint density at radius 2 is 1.85 bits per heavy atom. The molecule has 0 amide bonds. The van der Waals surface area contributed by atoms with Gasteiger partial charge in [0.1, 0.15) is 35.9 Å². The molecule has 3 aromatic rings. The van der Waals surface area contributed by atoms with Crippen LogP contribution in [0, 0.1) is 11.8 Å². The van der Waals surface area contributed by atoms with Gasteiger partial charge in [-0.3, -0.25) is 0 Å². The van der Waals surface area contributed by atoms with E-state index in [2.05, 4.69) is 16.8 Å². The molecule has 1 aliphatic heterocycles. The molecule has 1 fully saturated rings. The lowest BCUT2D eigenvalue weighted by atomic mass is 10.0. The molecule has 4 rings (SSSR count). The van der Waals surface area contributed by atoms with Crippen molar-refractivity contribution in [3.8, 4) is 28.7 Å². The second-order valence-corrected chi connectivity index (χ2v) is 8.03. The lowest BCUT2D eigenvalue weighted by molar-refractivity contribution is -0.0750. The normalized spacial score (nSPS) is 19.9. The second kappa shape index (κ2) is 10.6. The van der Waals surface area contributed by atoms with Gasteiger partial charge in [0.05, 0.1) is 19.8 Å². The van der Waals surface area contributed by atoms with Crippen LogP contribution >= 0.6 is 0 Å². The number of aromatic nitrogens is 2. The molecule has 1 aliphatic rings. The Balaban J connectivity index is 1.43. The van der Waals surface area contributed by atoms with Crippen LogP contribution in [0.2, 0.25) is 0 Å². The molecular formula is C26H28N2O5. The minimum Gasteiger partial charge on any atom is -0.488 e. The van der Waals surface area contributed by atoms with E-state index in [-0.39, 0.29) is 12.7 Å². The van der Waals surface area contributed by atoms with Crippen LogP contribution in [0.4, 0.5) is 0 Å². The summed E-state index contributed by atoms with van der Waals surface area (Å²) in [5.74, 6) is 7.34. The summed E-state index contributed by atoms with van der Waals surface area (Å²) >= 11 is 0. The van der Waals surface area contributed by atoms with E-state index in [1.165, 1.54) is 0 Å². The quantitative estimate of drug-likeness (QED) is 0.502. The van der Waals surface area contributed by atoms with Crippen molar-refractivity contribution in [2.75, 3.05) is 19.8 Å². The molecule has 1 aromatic heterocycles. The van der Waals surface area contributed by atoms with Crippen molar-refractivity contribution in [3.63, 3.8) is 0 Å². The summed E-state index contributed by atoms with van der Waals surface area (Å²) < 4.78 is 12.8. The minimum atomic E-state index is -0.742. The predicted octanol–water partition coefficient (Wildman–Crippen LogP) is 2.72. The van der Waals surface area contributed by atoms with E-state index >= 15 is 0 Å². The summed E-state index contributed by atoms with van der Waals surface area (Å²) in [6.07, 6.45) is 2.37. The van der Waals surface area contributed by atoms with Crippen molar-refractivity contribution in [2.45, 2.75) is 37.7 Å². The topological polar surface area (TPSA) is 97.0 Å². The zero-order valence-corrected chi connectivity index (χ0v) is 18.5. The van der Waals surface area contributed by atoms with Crippen LogP contribution in [0.5, 0.6) is 5.75 Å². The van der Waals surface area contributed by atoms with Crippen molar-refractivity contribution in [2.24, 2.45) is 0 Å². The molecule has 7 nitrogen and oxygen atoms in total. The van der Waals surface area contributed by atoms with Crippen molar-refractivity contribution >= 4 is 0 Å². The van der Waals surface area contributed by atoms with Crippen LogP contribution in [0.25, 0.3) is 11.1 Å². The van der Waals surface area contributed by atoms with Gasteiger partial charge in [0, 0.05) is 24.4 Å². The first-order valence-corrected chi connectivity index (χ1v) is 11.0. The average Bonchev–Trinajstić information content (AvgIpc) is 3.32. The maximum Gasteiger partial charge on any atom is 0.138 e. The number of imidazole rings is 1. The Kier molecular flexibility index (Phi) is 7.43. The summed E-state index contributed by atoms with van der Waals surface area (Å²) in [4.78, 5) is 4.13. The van der Waals surface area contributed by atoms with Crippen molar-refractivity contribution in [3.05, 3.63) is 72.3 Å². The van der Waals surface area contributed by atoms with Crippen molar-refractivity contribution in [1.82, 2.24) is 9.55 Å². The molecule has 2 aromatic carbocycles. The van der Waals surface area contributed by atoms with Gasteiger partial charge in [-0.1, -0.05) is 36.1 Å². The molecule has 0 saturated carbocycles. The monoisotopic (exact) mass is 448 g/mol. The largest absolute Gasteiger partial charge is 0.488 e. The maximum atomic E-state index is 9.98. The molecule has 7 heteroatoms. The average molecular weight is 449 g/mol. The van der Waals surface area contributed by atoms with Gasteiger partial charge in [-0.05, 0) is 42.3 Å². The highest BCUT2D eigenvalue weighted by atomic mass is 16.5. The lowest BCUT2D eigenvalue weighted by Crippen LogP contribution is -2.40. The van der Waals surface area contributed by atoms with E-state index in [1.807, 2.05) is 48.5 Å². The number of benzene rings is 2. The second-order valence-electron chi connectivity index (χ2n) is 8.03. The number of nitrogens with zero attached hydrogens (tertiary/aromatic N) is 2. The number of aliphatic hydroxyl groups excluding tert-OH is 3. The summed E-state index contributed by atoms with van der Waals surface area (Å²) in [5, 5.41) is 29.6. The number of ether oxygens (including phenoxy) is 2. The van der Waals surface area contributed by atoms with Gasteiger partial charge in [-0.25, -0.2) is 4.98 Å². The van der Waals surface area contributed by atoms with Crippen LogP contribution in [-0.2, 0) is 4.74 Å². The highest BCUT2D eigenvalue weighted by molar-refractivity contribution is 5.65. The van der Waals surface area contributed by atoms with Gasteiger partial charge in [0.25, 0.3) is 0 Å². The summed E-state index contributed by atoms with van der Waals surface area (Å²) in [6, 6.07) is 15.2. The van der Waals surface area contributed by atoms with Gasteiger partial charge in [0.15, 0.2) is 0 Å². The molecule has 0 spiro atoms. The van der Waals surface area contributed by atoms with Gasteiger partial charge < -0.3 is 29.4 Å². The van der Waals surface area contributed by atoms with E-state index in [9.17, 15) is 15.3 Å². The summed E-state index contributed by atoms with van der Waals surface area (Å²) in [5.41, 5.74) is 2.91. The van der Waals surface area contributed by atoms with Gasteiger partial charge >= 0.3 is 0 Å². The number of hydrogen-bond acceptors (Lipinski definition) is 6. The van der Waals surface area contributed by atoms with E-state index < -0.39 is 18.2 Å². The fourth-order valence-electron chi connectivity index (χ4n) is 3.77. The highest BCUT2D eigenvalue weighted by Gasteiger charge is 2.25. The molecule has 0 radical (unpaired) electrons. The Morgan fingerprint density at radius 3 is 2.48 bits per heavy atom. The van der Waals surface area contributed by atoms with Crippen molar-refractivity contribution < 1.29 is 24.8 Å². The van der Waals surface area contributed by atoms with Gasteiger partial charge in [-0.15, -0.1) is 0 Å². The zero-order valence-electron chi connectivity index (χ0n) is 18.5. The van der Waals surface area contributed by atoms with Gasteiger partial charge in [-0.2, -0.15) is 0 Å². The van der Waals surface area contributed by atoms with E-state index in [4.69, 9.17) is 9.47 Å². The zero-order chi connectivity index (χ0) is 23.2. The Bertz CT molecular complexity index is 1100. The van der Waals surface area contributed by atoms with Crippen molar-refractivity contribution in [1.29, 1.82) is 0 Å². The molecule has 2 heterocycles.